The zero-order valence-corrected chi connectivity index (χ0v) is 7.90. The van der Waals surface area contributed by atoms with Crippen LogP contribution < -0.4 is 0 Å². The van der Waals surface area contributed by atoms with E-state index in [1.165, 1.54) is 0 Å². The van der Waals surface area contributed by atoms with Crippen LogP contribution in [-0.4, -0.2) is 15.3 Å². The van der Waals surface area contributed by atoms with Gasteiger partial charge in [0.05, 0.1) is 5.88 Å². The summed E-state index contributed by atoms with van der Waals surface area (Å²) in [6.07, 6.45) is -4.35. The van der Waals surface area contributed by atoms with Crippen molar-refractivity contribution in [3.63, 3.8) is 0 Å². The van der Waals surface area contributed by atoms with Gasteiger partial charge in [0.25, 0.3) is 0 Å². The lowest BCUT2D eigenvalue weighted by atomic mass is 10.5. The van der Waals surface area contributed by atoms with E-state index in [9.17, 15) is 13.2 Å². The predicted octanol–water partition coefficient (Wildman–Crippen LogP) is 3.27. The van der Waals surface area contributed by atoms with E-state index < -0.39 is 15.3 Å². The molecule has 0 nitrogen and oxygen atoms in total. The lowest BCUT2D eigenvalue weighted by Gasteiger charge is -2.20. The third-order valence-electron chi connectivity index (χ3n) is 0.583. The van der Waals surface area contributed by atoms with Crippen LogP contribution in [-0.2, 0) is 0 Å². The van der Waals surface area contributed by atoms with Gasteiger partial charge in [0.15, 0.2) is 3.23 Å². The number of hydrogen-bond acceptors (Lipinski definition) is 0. The number of alkyl halides is 6. The average molecular weight is 290 g/mol. The van der Waals surface area contributed by atoms with Crippen molar-refractivity contribution >= 4 is 43.5 Å². The molecule has 6 heteroatoms. The van der Waals surface area contributed by atoms with Gasteiger partial charge in [-0.3, -0.25) is 0 Å². The highest BCUT2D eigenvalue weighted by Gasteiger charge is 2.50. The monoisotopic (exact) mass is 288 g/mol. The molecule has 0 fully saturated rings. The second-order valence-electron chi connectivity index (χ2n) is 1.34. The highest BCUT2D eigenvalue weighted by Crippen LogP contribution is 2.43. The first kappa shape index (κ1) is 10.0. The number of hydrogen-bond donors (Lipinski definition) is 0. The molecular formula is C3H2Br2ClF3. The van der Waals surface area contributed by atoms with E-state index in [-0.39, 0.29) is 0 Å². The fourth-order valence-electron chi connectivity index (χ4n) is 0.0758. The van der Waals surface area contributed by atoms with Crippen LogP contribution >= 0.6 is 43.5 Å². The summed E-state index contributed by atoms with van der Waals surface area (Å²) in [7, 11) is 0. The van der Waals surface area contributed by atoms with Crippen molar-refractivity contribution in [3.8, 4) is 0 Å². The first-order valence-electron chi connectivity index (χ1n) is 1.82. The molecule has 0 amide bonds. The van der Waals surface area contributed by atoms with Crippen molar-refractivity contribution in [1.29, 1.82) is 0 Å². The van der Waals surface area contributed by atoms with Gasteiger partial charge in [-0.1, -0.05) is 31.9 Å². The van der Waals surface area contributed by atoms with Gasteiger partial charge in [-0.15, -0.1) is 11.6 Å². The van der Waals surface area contributed by atoms with E-state index >= 15 is 0 Å². The molecule has 9 heavy (non-hydrogen) atoms. The zero-order chi connectivity index (χ0) is 7.71. The summed E-state index contributed by atoms with van der Waals surface area (Å²) >= 11 is 9.69. The van der Waals surface area contributed by atoms with Crippen molar-refractivity contribution in [2.75, 3.05) is 5.88 Å². The van der Waals surface area contributed by atoms with Crippen molar-refractivity contribution in [2.24, 2.45) is 0 Å². The van der Waals surface area contributed by atoms with Crippen molar-refractivity contribution in [3.05, 3.63) is 0 Å². The normalized spacial score (nSPS) is 14.0. The molecule has 0 unspecified atom stereocenters. The van der Waals surface area contributed by atoms with Crippen LogP contribution in [0.4, 0.5) is 13.2 Å². The number of halogens is 6. The molecule has 0 rings (SSSR count). The lowest BCUT2D eigenvalue weighted by molar-refractivity contribution is -0.129. The summed E-state index contributed by atoms with van der Waals surface area (Å²) < 4.78 is 32.8. The molecule has 0 N–H and O–H groups in total. The van der Waals surface area contributed by atoms with Crippen LogP contribution in [0.1, 0.15) is 0 Å². The predicted molar refractivity (Wildman–Crippen MR) is 37.4 cm³/mol. The number of rotatable bonds is 1. The van der Waals surface area contributed by atoms with E-state index in [4.69, 9.17) is 11.6 Å². The van der Waals surface area contributed by atoms with Gasteiger partial charge in [-0.25, -0.2) is 0 Å². The Labute approximate surface area is 72.0 Å². The molecule has 56 valence electrons. The molecule has 0 radical (unpaired) electrons. The Hall–Kier alpha value is 1.04. The molecule has 0 bridgehead atoms. The highest BCUT2D eigenvalue weighted by molar-refractivity contribution is 9.25. The summed E-state index contributed by atoms with van der Waals surface area (Å²) in [5, 5.41) is 0. The summed E-state index contributed by atoms with van der Waals surface area (Å²) in [5.41, 5.74) is 0. The Balaban J connectivity index is 4.14. The van der Waals surface area contributed by atoms with Gasteiger partial charge < -0.3 is 0 Å². The fraction of sp³-hybridized carbons (Fsp3) is 1.00. The molecule has 0 aromatic heterocycles. The van der Waals surface area contributed by atoms with Gasteiger partial charge in [0.2, 0.25) is 0 Å². The van der Waals surface area contributed by atoms with Gasteiger partial charge in [-0.2, -0.15) is 13.2 Å². The smallest absolute Gasteiger partial charge is 0.168 e. The Morgan fingerprint density at radius 2 is 1.56 bits per heavy atom. The third kappa shape index (κ3) is 2.63. The molecule has 0 aliphatic heterocycles. The molecule has 0 aromatic carbocycles. The molecule has 0 aromatic rings. The second-order valence-corrected chi connectivity index (χ2v) is 5.37. The summed E-state index contributed by atoms with van der Waals surface area (Å²) in [6.45, 7) is 0. The second kappa shape index (κ2) is 2.96. The summed E-state index contributed by atoms with van der Waals surface area (Å²) in [4.78, 5) is 0. The average Bonchev–Trinajstić information content (AvgIpc) is 1.64. The topological polar surface area (TPSA) is 0 Å². The standard InChI is InChI=1S/C3H2Br2ClF3/c4-2(5,1-6)3(7,8)9/h1H2. The maximum absolute atomic E-state index is 11.7. The highest BCUT2D eigenvalue weighted by atomic mass is 79.9. The van der Waals surface area contributed by atoms with Crippen LogP contribution in [0.15, 0.2) is 0 Å². The summed E-state index contributed by atoms with van der Waals surface area (Å²) in [5.74, 6) is -0.559. The minimum Gasteiger partial charge on any atom is -0.168 e. The maximum atomic E-state index is 11.7. The van der Waals surface area contributed by atoms with Crippen molar-refractivity contribution in [1.82, 2.24) is 0 Å². The van der Waals surface area contributed by atoms with E-state index in [0.29, 0.717) is 0 Å². The van der Waals surface area contributed by atoms with Crippen LogP contribution in [0, 0.1) is 0 Å². The van der Waals surface area contributed by atoms with Crippen LogP contribution in [0.5, 0.6) is 0 Å². The largest absolute Gasteiger partial charge is 0.414 e. The Kier molecular flexibility index (Phi) is 3.31. The third-order valence-corrected chi connectivity index (χ3v) is 3.09. The first-order chi connectivity index (χ1) is 3.81. The molecule has 0 saturated heterocycles. The van der Waals surface area contributed by atoms with E-state index in [0.717, 1.165) is 0 Å². The molecule has 0 spiro atoms. The Morgan fingerprint density at radius 1 is 1.22 bits per heavy atom. The Morgan fingerprint density at radius 3 is 1.56 bits per heavy atom. The molecule has 0 aliphatic rings. The molecular weight excluding hydrogens is 288 g/mol. The van der Waals surface area contributed by atoms with E-state index in [1.54, 1.807) is 0 Å². The lowest BCUT2D eigenvalue weighted by Crippen LogP contribution is -2.34. The molecule has 0 saturated carbocycles. The Bertz CT molecular complexity index is 99.7. The fourth-order valence-corrected chi connectivity index (χ4v) is 0.227. The maximum Gasteiger partial charge on any atom is 0.414 e. The van der Waals surface area contributed by atoms with Crippen LogP contribution in [0.2, 0.25) is 0 Å². The molecule has 0 aliphatic carbocycles. The zero-order valence-electron chi connectivity index (χ0n) is 3.97. The van der Waals surface area contributed by atoms with Gasteiger partial charge >= 0.3 is 6.18 Å². The minimum absolute atomic E-state index is 0.559. The molecule has 0 atom stereocenters. The SMILES string of the molecule is FC(F)(F)C(Br)(Br)CCl. The molecule has 0 heterocycles. The van der Waals surface area contributed by atoms with Crippen LogP contribution in [0.3, 0.4) is 0 Å². The van der Waals surface area contributed by atoms with Crippen molar-refractivity contribution in [2.45, 2.75) is 9.41 Å². The van der Waals surface area contributed by atoms with E-state index in [1.807, 2.05) is 0 Å². The quantitative estimate of drug-likeness (QED) is 0.650. The van der Waals surface area contributed by atoms with Gasteiger partial charge in [0, 0.05) is 0 Å². The van der Waals surface area contributed by atoms with Gasteiger partial charge in [0.1, 0.15) is 0 Å². The minimum atomic E-state index is -4.35. The first-order valence-corrected chi connectivity index (χ1v) is 3.94. The summed E-state index contributed by atoms with van der Waals surface area (Å²) in [6, 6.07) is 0. The van der Waals surface area contributed by atoms with E-state index in [2.05, 4.69) is 31.9 Å². The van der Waals surface area contributed by atoms with Crippen LogP contribution in [0.25, 0.3) is 0 Å². The van der Waals surface area contributed by atoms with Crippen molar-refractivity contribution < 1.29 is 13.2 Å². The van der Waals surface area contributed by atoms with Gasteiger partial charge in [-0.05, 0) is 0 Å².